The molecule has 2 rings (SSSR count). The number of hydrogen-bond donors (Lipinski definition) is 1. The molecule has 1 saturated heterocycles. The zero-order chi connectivity index (χ0) is 19.9. The van der Waals surface area contributed by atoms with Crippen LogP contribution in [0.4, 0.5) is 4.79 Å². The highest BCUT2D eigenvalue weighted by Gasteiger charge is 2.36. The van der Waals surface area contributed by atoms with Crippen LogP contribution in [0.25, 0.3) is 0 Å². The van der Waals surface area contributed by atoms with Crippen LogP contribution in [0.3, 0.4) is 0 Å². The molecule has 0 spiro atoms. The topological polar surface area (TPSA) is 77.1 Å². The Kier molecular flexibility index (Phi) is 8.44. The van der Waals surface area contributed by atoms with Gasteiger partial charge in [0.05, 0.1) is 12.6 Å². The van der Waals surface area contributed by atoms with Crippen LogP contribution in [0.1, 0.15) is 25.3 Å². The summed E-state index contributed by atoms with van der Waals surface area (Å²) in [6.45, 7) is 2.48. The van der Waals surface area contributed by atoms with Crippen LogP contribution in [-0.4, -0.2) is 46.3 Å². The van der Waals surface area contributed by atoms with E-state index in [-0.39, 0.29) is 12.6 Å². The fourth-order valence-corrected chi connectivity index (χ4v) is 2.85. The lowest BCUT2D eigenvalue weighted by molar-refractivity contribution is -0.177. The Morgan fingerprint density at radius 1 is 1.22 bits per heavy atom. The van der Waals surface area contributed by atoms with Crippen LogP contribution < -0.4 is 5.32 Å². The van der Waals surface area contributed by atoms with Crippen LogP contribution in [0.2, 0.25) is 0 Å². The van der Waals surface area contributed by atoms with Gasteiger partial charge in [0.2, 0.25) is 0 Å². The van der Waals surface area contributed by atoms with Gasteiger partial charge in [0.1, 0.15) is 12.6 Å². The summed E-state index contributed by atoms with van der Waals surface area (Å²) < 4.78 is 7.59. The third-order valence-electron chi connectivity index (χ3n) is 3.89. The number of piperidine rings is 1. The number of halogens is 3. The van der Waals surface area contributed by atoms with Crippen molar-refractivity contribution in [2.24, 2.45) is 0 Å². The van der Waals surface area contributed by atoms with E-state index in [0.717, 1.165) is 10.6 Å². The first-order valence-electron chi connectivity index (χ1n) is 8.46. The quantitative estimate of drug-likeness (QED) is 0.415. The molecular weight excluding hydrogens is 419 g/mol. The molecule has 1 aromatic carbocycles. The fraction of sp³-hybridized carbons (Fsp3) is 0.529. The maximum Gasteiger partial charge on any atom is 0.437 e. The molecule has 1 aliphatic heterocycles. The first-order valence-corrected chi connectivity index (χ1v) is 9.59. The lowest BCUT2D eigenvalue weighted by Crippen LogP contribution is -2.54. The van der Waals surface area contributed by atoms with E-state index in [1.807, 2.05) is 30.3 Å². The number of carbonyl (C=O) groups is 2. The summed E-state index contributed by atoms with van der Waals surface area (Å²) in [6.07, 6.45) is 0.0306. The number of alkyl halides is 3. The minimum atomic E-state index is -2.21. The maximum atomic E-state index is 12.4. The summed E-state index contributed by atoms with van der Waals surface area (Å²) in [6, 6.07) is 8.46. The third-order valence-corrected chi connectivity index (χ3v) is 4.12. The molecule has 2 atom stereocenters. The van der Waals surface area contributed by atoms with Crippen LogP contribution in [0, 0.1) is 0 Å². The molecule has 0 aromatic heterocycles. The van der Waals surface area contributed by atoms with Crippen molar-refractivity contribution >= 4 is 46.9 Å². The SMILES string of the molecule is CCOC(=O)[C@@H]1CC[C@@H](N(OCc2ccccc2)C(=O)OC(Cl)(Cl)Cl)CN1. The van der Waals surface area contributed by atoms with Crippen LogP contribution in [0.15, 0.2) is 30.3 Å². The van der Waals surface area contributed by atoms with Gasteiger partial charge < -0.3 is 14.8 Å². The predicted molar refractivity (Wildman–Crippen MR) is 101 cm³/mol. The summed E-state index contributed by atoms with van der Waals surface area (Å²) in [7, 11) is 0. The van der Waals surface area contributed by atoms with Gasteiger partial charge in [-0.15, -0.1) is 0 Å². The second-order valence-corrected chi connectivity index (χ2v) is 8.02. The van der Waals surface area contributed by atoms with Gasteiger partial charge in [-0.3, -0.25) is 9.63 Å². The number of carbonyl (C=O) groups excluding carboxylic acids is 2. The average Bonchev–Trinajstić information content (AvgIpc) is 2.62. The smallest absolute Gasteiger partial charge is 0.437 e. The molecule has 1 aromatic rings. The maximum absolute atomic E-state index is 12.4. The van der Waals surface area contributed by atoms with Gasteiger partial charge in [-0.05, 0) is 60.1 Å². The monoisotopic (exact) mass is 438 g/mol. The summed E-state index contributed by atoms with van der Waals surface area (Å²) >= 11 is 16.7. The number of benzene rings is 1. The van der Waals surface area contributed by atoms with E-state index >= 15 is 0 Å². The number of rotatable bonds is 6. The normalized spacial score (nSPS) is 20.0. The largest absolute Gasteiger partial charge is 0.465 e. The third kappa shape index (κ3) is 7.35. The minimum absolute atomic E-state index is 0.133. The molecule has 0 saturated carbocycles. The highest BCUT2D eigenvalue weighted by Crippen LogP contribution is 2.29. The van der Waals surface area contributed by atoms with E-state index in [2.05, 4.69) is 5.32 Å². The molecule has 1 fully saturated rings. The molecule has 0 unspecified atom stereocenters. The molecule has 0 radical (unpaired) electrons. The van der Waals surface area contributed by atoms with Gasteiger partial charge in [0, 0.05) is 6.54 Å². The van der Waals surface area contributed by atoms with Crippen LogP contribution in [-0.2, 0) is 25.7 Å². The van der Waals surface area contributed by atoms with Crippen LogP contribution in [0.5, 0.6) is 0 Å². The predicted octanol–water partition coefficient (Wildman–Crippen LogP) is 3.57. The van der Waals surface area contributed by atoms with Gasteiger partial charge in [-0.25, -0.2) is 4.79 Å². The lowest BCUT2D eigenvalue weighted by atomic mass is 10.0. The number of nitrogens with one attached hydrogen (secondary N) is 1. The Morgan fingerprint density at radius 2 is 1.93 bits per heavy atom. The Balaban J connectivity index is 2.01. The average molecular weight is 440 g/mol. The summed E-state index contributed by atoms with van der Waals surface area (Å²) in [5.74, 6) is -0.323. The van der Waals surface area contributed by atoms with Gasteiger partial charge >= 0.3 is 16.0 Å². The second kappa shape index (κ2) is 10.3. The number of nitrogens with zero attached hydrogens (tertiary/aromatic N) is 1. The summed E-state index contributed by atoms with van der Waals surface area (Å²) in [5.41, 5.74) is 0.859. The Morgan fingerprint density at radius 3 is 2.48 bits per heavy atom. The molecule has 150 valence electrons. The molecule has 1 amide bonds. The number of hydroxylamine groups is 2. The highest BCUT2D eigenvalue weighted by atomic mass is 35.6. The Bertz CT molecular complexity index is 619. The van der Waals surface area contributed by atoms with Crippen molar-refractivity contribution in [1.82, 2.24) is 10.4 Å². The van der Waals surface area contributed by atoms with E-state index in [1.165, 1.54) is 0 Å². The van der Waals surface area contributed by atoms with Gasteiger partial charge in [-0.2, -0.15) is 5.06 Å². The zero-order valence-corrected chi connectivity index (χ0v) is 17.0. The number of ether oxygens (including phenoxy) is 2. The molecule has 1 aliphatic rings. The van der Waals surface area contributed by atoms with E-state index in [9.17, 15) is 9.59 Å². The molecule has 0 bridgehead atoms. The Hall–Kier alpha value is -1.25. The van der Waals surface area contributed by atoms with E-state index in [1.54, 1.807) is 6.92 Å². The first-order chi connectivity index (χ1) is 12.8. The highest BCUT2D eigenvalue weighted by molar-refractivity contribution is 6.66. The number of esters is 1. The van der Waals surface area contributed by atoms with Crippen molar-refractivity contribution < 1.29 is 23.9 Å². The van der Waals surface area contributed by atoms with Crippen LogP contribution >= 0.6 is 34.8 Å². The van der Waals surface area contributed by atoms with E-state index in [4.69, 9.17) is 49.1 Å². The molecule has 27 heavy (non-hydrogen) atoms. The number of amides is 1. The summed E-state index contributed by atoms with van der Waals surface area (Å²) in [4.78, 5) is 29.9. The molecule has 7 nitrogen and oxygen atoms in total. The van der Waals surface area contributed by atoms with Gasteiger partial charge in [-0.1, -0.05) is 30.3 Å². The zero-order valence-electron chi connectivity index (χ0n) is 14.7. The molecule has 1 heterocycles. The second-order valence-electron chi connectivity index (χ2n) is 5.84. The first kappa shape index (κ1) is 22.0. The fourth-order valence-electron chi connectivity index (χ4n) is 2.66. The van der Waals surface area contributed by atoms with Crippen molar-refractivity contribution in [3.63, 3.8) is 0 Å². The molecule has 10 heteroatoms. The van der Waals surface area contributed by atoms with Gasteiger partial charge in [0.15, 0.2) is 0 Å². The lowest BCUT2D eigenvalue weighted by Gasteiger charge is -2.35. The van der Waals surface area contributed by atoms with Crippen molar-refractivity contribution in [3.8, 4) is 0 Å². The Labute approximate surface area is 172 Å². The molecule has 1 N–H and O–H groups in total. The number of hydrogen-bond acceptors (Lipinski definition) is 6. The van der Waals surface area contributed by atoms with Crippen molar-refractivity contribution in [2.45, 2.75) is 42.4 Å². The van der Waals surface area contributed by atoms with Gasteiger partial charge in [0.25, 0.3) is 0 Å². The van der Waals surface area contributed by atoms with Crippen molar-refractivity contribution in [1.29, 1.82) is 0 Å². The summed E-state index contributed by atoms with van der Waals surface area (Å²) in [5, 5.41) is 4.09. The minimum Gasteiger partial charge on any atom is -0.465 e. The molecule has 0 aliphatic carbocycles. The standard InChI is InChI=1S/C17H21Cl3N2O5/c1-2-25-15(23)14-9-8-13(10-21-14)22(16(24)27-17(18,19)20)26-11-12-6-4-3-5-7-12/h3-7,13-14,21H,2,8-11H2,1H3/t13-,14+/m1/s1. The van der Waals surface area contributed by atoms with Crippen molar-refractivity contribution in [3.05, 3.63) is 35.9 Å². The van der Waals surface area contributed by atoms with E-state index < -0.39 is 22.2 Å². The molecular formula is C17H21Cl3N2O5. The van der Waals surface area contributed by atoms with Crippen molar-refractivity contribution in [2.75, 3.05) is 13.2 Å². The van der Waals surface area contributed by atoms with E-state index in [0.29, 0.717) is 26.0 Å².